The number of alkyl carbamates (subject to hydrolysis) is 1. The average molecular weight is 292 g/mol. The van der Waals surface area contributed by atoms with Crippen molar-refractivity contribution in [2.75, 3.05) is 13.2 Å². The maximum Gasteiger partial charge on any atom is 0.407 e. The minimum Gasteiger partial charge on any atom is -0.475 e. The van der Waals surface area contributed by atoms with Gasteiger partial charge in [-0.2, -0.15) is 0 Å². The molecular weight excluding hydrogens is 272 g/mol. The molecule has 1 aromatic heterocycles. The average Bonchev–Trinajstić information content (AvgIpc) is 2.80. The fraction of sp³-hybridized carbons (Fsp3) is 0.467. The van der Waals surface area contributed by atoms with Gasteiger partial charge in [0.25, 0.3) is 5.88 Å². The predicted octanol–water partition coefficient (Wildman–Crippen LogP) is 3.12. The Morgan fingerprint density at radius 3 is 2.86 bits per heavy atom. The topological polar surface area (TPSA) is 73.6 Å². The third-order valence-electron chi connectivity index (χ3n) is 2.57. The van der Waals surface area contributed by atoms with Crippen molar-refractivity contribution in [2.45, 2.75) is 32.8 Å². The first-order valence-electron chi connectivity index (χ1n) is 6.90. The second-order valence-electron chi connectivity index (χ2n) is 5.61. The number of ether oxygens (including phenoxy) is 2. The fourth-order valence-corrected chi connectivity index (χ4v) is 1.71. The highest BCUT2D eigenvalue weighted by molar-refractivity contribution is 5.81. The lowest BCUT2D eigenvalue weighted by Crippen LogP contribution is -2.33. The van der Waals surface area contributed by atoms with Crippen molar-refractivity contribution in [2.24, 2.45) is 0 Å². The molecule has 0 unspecified atom stereocenters. The van der Waals surface area contributed by atoms with Crippen LogP contribution in [-0.2, 0) is 4.74 Å². The summed E-state index contributed by atoms with van der Waals surface area (Å²) in [6.45, 7) is 6.39. The largest absolute Gasteiger partial charge is 0.475 e. The maximum atomic E-state index is 11.4. The molecule has 2 aromatic rings. The molecule has 0 aliphatic heterocycles. The Kier molecular flexibility index (Phi) is 4.67. The van der Waals surface area contributed by atoms with Crippen LogP contribution in [0.5, 0.6) is 5.88 Å². The number of aromatic nitrogens is 1. The fourth-order valence-electron chi connectivity index (χ4n) is 1.71. The Bertz CT molecular complexity index is 601. The monoisotopic (exact) mass is 292 g/mol. The molecule has 6 nitrogen and oxygen atoms in total. The van der Waals surface area contributed by atoms with E-state index in [4.69, 9.17) is 14.0 Å². The summed E-state index contributed by atoms with van der Waals surface area (Å²) in [7, 11) is 0. The van der Waals surface area contributed by atoms with E-state index in [2.05, 4.69) is 10.5 Å². The number of carbonyl (C=O) groups is 1. The van der Waals surface area contributed by atoms with Gasteiger partial charge in [0.05, 0.1) is 12.0 Å². The molecule has 0 saturated heterocycles. The van der Waals surface area contributed by atoms with Crippen LogP contribution in [0.4, 0.5) is 4.79 Å². The number of benzene rings is 1. The van der Waals surface area contributed by atoms with Gasteiger partial charge >= 0.3 is 6.09 Å². The van der Waals surface area contributed by atoms with E-state index in [9.17, 15) is 4.79 Å². The first kappa shape index (κ1) is 15.2. The molecule has 1 heterocycles. The van der Waals surface area contributed by atoms with Crippen molar-refractivity contribution >= 4 is 17.1 Å². The van der Waals surface area contributed by atoms with Gasteiger partial charge in [-0.3, -0.25) is 0 Å². The van der Waals surface area contributed by atoms with Crippen LogP contribution in [0.25, 0.3) is 11.0 Å². The Labute approximate surface area is 123 Å². The molecule has 0 bridgehead atoms. The van der Waals surface area contributed by atoms with E-state index >= 15 is 0 Å². The quantitative estimate of drug-likeness (QED) is 0.857. The van der Waals surface area contributed by atoms with Crippen LogP contribution in [0.2, 0.25) is 0 Å². The Morgan fingerprint density at radius 2 is 2.10 bits per heavy atom. The number of para-hydroxylation sites is 1. The third-order valence-corrected chi connectivity index (χ3v) is 2.57. The van der Waals surface area contributed by atoms with Crippen LogP contribution in [0, 0.1) is 0 Å². The second-order valence-corrected chi connectivity index (χ2v) is 5.61. The molecule has 0 fully saturated rings. The third kappa shape index (κ3) is 4.66. The van der Waals surface area contributed by atoms with Crippen molar-refractivity contribution in [3.05, 3.63) is 24.3 Å². The molecule has 0 saturated carbocycles. The Morgan fingerprint density at radius 1 is 1.33 bits per heavy atom. The number of carbonyl (C=O) groups excluding carboxylic acids is 1. The number of fused-ring (bicyclic) bond motifs is 1. The summed E-state index contributed by atoms with van der Waals surface area (Å²) in [5, 5.41) is 7.38. The predicted molar refractivity (Wildman–Crippen MR) is 78.4 cm³/mol. The van der Waals surface area contributed by atoms with Crippen LogP contribution < -0.4 is 10.1 Å². The number of rotatable bonds is 5. The van der Waals surface area contributed by atoms with Gasteiger partial charge in [-0.15, -0.1) is 0 Å². The lowest BCUT2D eigenvalue weighted by atomic mass is 10.2. The molecule has 6 heteroatoms. The van der Waals surface area contributed by atoms with Crippen LogP contribution in [-0.4, -0.2) is 30.0 Å². The van der Waals surface area contributed by atoms with Crippen molar-refractivity contribution in [1.82, 2.24) is 10.5 Å². The Balaban J connectivity index is 1.70. The van der Waals surface area contributed by atoms with Crippen molar-refractivity contribution in [1.29, 1.82) is 0 Å². The van der Waals surface area contributed by atoms with E-state index < -0.39 is 11.7 Å². The van der Waals surface area contributed by atoms with Gasteiger partial charge < -0.3 is 19.3 Å². The zero-order valence-electron chi connectivity index (χ0n) is 12.5. The van der Waals surface area contributed by atoms with Crippen LogP contribution in [0.3, 0.4) is 0 Å². The van der Waals surface area contributed by atoms with Gasteiger partial charge in [0.1, 0.15) is 5.60 Å². The van der Waals surface area contributed by atoms with E-state index in [1.807, 2.05) is 45.0 Å². The van der Waals surface area contributed by atoms with Crippen molar-refractivity contribution < 1.29 is 18.8 Å². The highest BCUT2D eigenvalue weighted by atomic mass is 16.6. The first-order valence-corrected chi connectivity index (χ1v) is 6.90. The molecule has 0 aliphatic carbocycles. The van der Waals surface area contributed by atoms with Crippen molar-refractivity contribution in [3.63, 3.8) is 0 Å². The molecule has 1 amide bonds. The molecule has 2 rings (SSSR count). The standard InChI is InChI=1S/C15H20N2O4/c1-15(2,3)20-14(18)16-9-6-10-19-13-11-7-4-5-8-12(11)21-17-13/h4-5,7-8H,6,9-10H2,1-3H3,(H,16,18). The minimum absolute atomic E-state index is 0.422. The molecule has 21 heavy (non-hydrogen) atoms. The maximum absolute atomic E-state index is 11.4. The molecule has 1 N–H and O–H groups in total. The lowest BCUT2D eigenvalue weighted by Gasteiger charge is -2.19. The molecule has 0 aliphatic rings. The van der Waals surface area contributed by atoms with Crippen molar-refractivity contribution in [3.8, 4) is 5.88 Å². The zero-order valence-corrected chi connectivity index (χ0v) is 12.5. The number of hydrogen-bond donors (Lipinski definition) is 1. The highest BCUT2D eigenvalue weighted by Gasteiger charge is 2.15. The SMILES string of the molecule is CC(C)(C)OC(=O)NCCCOc1noc2ccccc12. The second kappa shape index (κ2) is 6.47. The van der Waals surface area contributed by atoms with Crippen LogP contribution in [0.15, 0.2) is 28.8 Å². The summed E-state index contributed by atoms with van der Waals surface area (Å²) in [5.41, 5.74) is 0.208. The first-order chi connectivity index (χ1) is 9.96. The van der Waals surface area contributed by atoms with E-state index in [0.29, 0.717) is 31.0 Å². The lowest BCUT2D eigenvalue weighted by molar-refractivity contribution is 0.0525. The highest BCUT2D eigenvalue weighted by Crippen LogP contribution is 2.23. The number of nitrogens with one attached hydrogen (secondary N) is 1. The van der Waals surface area contributed by atoms with Gasteiger partial charge in [0, 0.05) is 6.54 Å². The Hall–Kier alpha value is -2.24. The van der Waals surface area contributed by atoms with Crippen LogP contribution >= 0.6 is 0 Å². The summed E-state index contributed by atoms with van der Waals surface area (Å²) in [4.78, 5) is 11.4. The van der Waals surface area contributed by atoms with Gasteiger partial charge in [-0.05, 0) is 44.5 Å². The summed E-state index contributed by atoms with van der Waals surface area (Å²) in [6, 6.07) is 7.50. The molecular formula is C15H20N2O4. The van der Waals surface area contributed by atoms with Crippen LogP contribution in [0.1, 0.15) is 27.2 Å². The molecule has 0 radical (unpaired) electrons. The summed E-state index contributed by atoms with van der Waals surface area (Å²) in [6.07, 6.45) is 0.231. The normalized spacial score (nSPS) is 11.4. The zero-order chi connectivity index (χ0) is 15.3. The van der Waals surface area contributed by atoms with E-state index in [-0.39, 0.29) is 0 Å². The van der Waals surface area contributed by atoms with E-state index in [1.54, 1.807) is 0 Å². The summed E-state index contributed by atoms with van der Waals surface area (Å²) < 4.78 is 15.8. The van der Waals surface area contributed by atoms with Gasteiger partial charge in [0.15, 0.2) is 5.58 Å². The van der Waals surface area contributed by atoms with Gasteiger partial charge in [-0.1, -0.05) is 12.1 Å². The van der Waals surface area contributed by atoms with E-state index in [1.165, 1.54) is 0 Å². The summed E-state index contributed by atoms with van der Waals surface area (Å²) >= 11 is 0. The minimum atomic E-state index is -0.486. The van der Waals surface area contributed by atoms with E-state index in [0.717, 1.165) is 5.39 Å². The van der Waals surface area contributed by atoms with Gasteiger partial charge in [0.2, 0.25) is 0 Å². The number of nitrogens with zero attached hydrogens (tertiary/aromatic N) is 1. The summed E-state index contributed by atoms with van der Waals surface area (Å²) in [5.74, 6) is 0.475. The molecule has 0 spiro atoms. The van der Waals surface area contributed by atoms with Gasteiger partial charge in [-0.25, -0.2) is 4.79 Å². The molecule has 0 atom stereocenters. The number of hydrogen-bond acceptors (Lipinski definition) is 5. The number of amides is 1. The smallest absolute Gasteiger partial charge is 0.407 e. The molecule has 1 aromatic carbocycles. The molecule has 114 valence electrons.